The van der Waals surface area contributed by atoms with Crippen molar-refractivity contribution in [2.45, 2.75) is 26.7 Å². The van der Waals surface area contributed by atoms with Crippen LogP contribution in [-0.2, 0) is 6.42 Å². The molecule has 1 aromatic carbocycles. The van der Waals surface area contributed by atoms with Crippen molar-refractivity contribution in [2.24, 2.45) is 0 Å². The highest BCUT2D eigenvalue weighted by molar-refractivity contribution is 5.95. The molecule has 0 amide bonds. The van der Waals surface area contributed by atoms with Gasteiger partial charge < -0.3 is 5.11 Å². The molecule has 2 N–H and O–H groups in total. The van der Waals surface area contributed by atoms with Crippen LogP contribution in [0.25, 0.3) is 16.4 Å². The molecule has 5 heteroatoms. The van der Waals surface area contributed by atoms with Crippen molar-refractivity contribution in [1.82, 2.24) is 14.6 Å². The smallest absolute Gasteiger partial charge is 0.347 e. The molecule has 0 spiro atoms. The van der Waals surface area contributed by atoms with E-state index in [2.05, 4.69) is 10.2 Å². The second-order valence-electron chi connectivity index (χ2n) is 4.25. The summed E-state index contributed by atoms with van der Waals surface area (Å²) in [7, 11) is 0. The molecule has 20 heavy (non-hydrogen) atoms. The van der Waals surface area contributed by atoms with Crippen LogP contribution in [0.2, 0.25) is 0 Å². The average Bonchev–Trinajstić information content (AvgIpc) is 2.88. The molecule has 0 unspecified atom stereocenters. The molecule has 0 bridgehead atoms. The average molecular weight is 273 g/mol. The lowest BCUT2D eigenvalue weighted by molar-refractivity contribution is 0.288. The van der Waals surface area contributed by atoms with Crippen LogP contribution in [0.1, 0.15) is 25.8 Å². The molecule has 0 atom stereocenters. The summed E-state index contributed by atoms with van der Waals surface area (Å²) in [5, 5.41) is 17.5. The first-order valence-electron chi connectivity index (χ1n) is 6.89. The van der Waals surface area contributed by atoms with Gasteiger partial charge in [-0.25, -0.2) is 14.3 Å². The number of aromatic nitrogens is 3. The lowest BCUT2D eigenvalue weighted by Gasteiger charge is -2.07. The first-order chi connectivity index (χ1) is 9.81. The molecule has 2 aromatic heterocycles. The molecular formula is C15H19N3O2. The molecule has 2 heterocycles. The Hall–Kier alpha value is -2.14. The van der Waals surface area contributed by atoms with Gasteiger partial charge in [0, 0.05) is 18.2 Å². The Labute approximate surface area is 116 Å². The minimum absolute atomic E-state index is 0.145. The van der Waals surface area contributed by atoms with Gasteiger partial charge >= 0.3 is 5.69 Å². The number of aryl methyl sites for hydroxylation is 1. The Kier molecular flexibility index (Phi) is 4.53. The molecule has 0 aliphatic carbocycles. The Morgan fingerprint density at radius 1 is 1.25 bits per heavy atom. The molecule has 3 rings (SSSR count). The molecule has 0 aliphatic rings. The largest absolute Gasteiger partial charge is 0.396 e. The van der Waals surface area contributed by atoms with Gasteiger partial charge in [-0.2, -0.15) is 5.10 Å². The maximum Gasteiger partial charge on any atom is 0.347 e. The van der Waals surface area contributed by atoms with Crippen LogP contribution in [0, 0.1) is 0 Å². The summed E-state index contributed by atoms with van der Waals surface area (Å²) in [5.41, 5.74) is 1.46. The van der Waals surface area contributed by atoms with E-state index < -0.39 is 0 Å². The lowest BCUT2D eigenvalue weighted by Crippen LogP contribution is -2.10. The van der Waals surface area contributed by atoms with Crippen molar-refractivity contribution >= 4 is 16.4 Å². The Morgan fingerprint density at radius 3 is 2.65 bits per heavy atom. The molecule has 0 saturated heterocycles. The van der Waals surface area contributed by atoms with Crippen LogP contribution in [0.3, 0.4) is 0 Å². The quantitative estimate of drug-likeness (QED) is 0.768. The van der Waals surface area contributed by atoms with E-state index >= 15 is 0 Å². The van der Waals surface area contributed by atoms with Crippen molar-refractivity contribution in [3.05, 3.63) is 46.5 Å². The lowest BCUT2D eigenvalue weighted by atomic mass is 10.0. The van der Waals surface area contributed by atoms with Gasteiger partial charge in [-0.05, 0) is 23.8 Å². The summed E-state index contributed by atoms with van der Waals surface area (Å²) in [5.74, 6) is 0. The summed E-state index contributed by atoms with van der Waals surface area (Å²) in [6.07, 6.45) is 3.23. The van der Waals surface area contributed by atoms with Gasteiger partial charge in [0.05, 0.1) is 0 Å². The molecule has 0 saturated carbocycles. The van der Waals surface area contributed by atoms with Crippen LogP contribution < -0.4 is 5.69 Å². The summed E-state index contributed by atoms with van der Waals surface area (Å²) in [6.45, 7) is 4.15. The highest BCUT2D eigenvalue weighted by Crippen LogP contribution is 2.22. The van der Waals surface area contributed by atoms with Crippen molar-refractivity contribution in [2.75, 3.05) is 6.61 Å². The van der Waals surface area contributed by atoms with E-state index in [9.17, 15) is 4.79 Å². The number of aliphatic hydroxyl groups excluding tert-OH is 1. The number of rotatable bonds is 3. The van der Waals surface area contributed by atoms with Gasteiger partial charge in [-0.1, -0.05) is 38.1 Å². The van der Waals surface area contributed by atoms with Crippen LogP contribution >= 0.6 is 0 Å². The Bertz CT molecular complexity index is 758. The van der Waals surface area contributed by atoms with Crippen molar-refractivity contribution in [3.63, 3.8) is 0 Å². The Morgan fingerprint density at radius 2 is 1.95 bits per heavy atom. The standard InChI is InChI=1S/C13H13N3O2.C2H6/c17-7-3-4-9-8-16-12(14-15-13(16)18)11-6-2-1-5-10(9)11;1-2/h1-2,5-6,8,17H,3-4,7H2,(H,15,18);1-2H3. The van der Waals surface area contributed by atoms with E-state index in [4.69, 9.17) is 5.11 Å². The monoisotopic (exact) mass is 273 g/mol. The first kappa shape index (κ1) is 14.3. The van der Waals surface area contributed by atoms with E-state index in [1.165, 1.54) is 4.40 Å². The zero-order chi connectivity index (χ0) is 14.5. The predicted molar refractivity (Wildman–Crippen MR) is 80.1 cm³/mol. The van der Waals surface area contributed by atoms with Crippen LogP contribution in [-0.4, -0.2) is 26.3 Å². The van der Waals surface area contributed by atoms with Gasteiger partial charge in [0.15, 0.2) is 5.65 Å². The molecule has 0 radical (unpaired) electrons. The molecule has 106 valence electrons. The number of hydrogen-bond donors (Lipinski definition) is 2. The fraction of sp³-hybridized carbons (Fsp3) is 0.333. The number of H-pyrrole nitrogens is 1. The van der Waals surface area contributed by atoms with Crippen LogP contribution in [0.15, 0.2) is 35.3 Å². The second kappa shape index (κ2) is 6.34. The van der Waals surface area contributed by atoms with E-state index in [0.717, 1.165) is 22.8 Å². The highest BCUT2D eigenvalue weighted by atomic mass is 16.2. The number of hydrogen-bond acceptors (Lipinski definition) is 3. The molecule has 0 fully saturated rings. The number of pyridine rings is 1. The number of benzene rings is 1. The minimum atomic E-state index is -0.235. The fourth-order valence-electron chi connectivity index (χ4n) is 2.27. The van der Waals surface area contributed by atoms with Gasteiger partial charge in [0.25, 0.3) is 0 Å². The summed E-state index contributed by atoms with van der Waals surface area (Å²) >= 11 is 0. The van der Waals surface area contributed by atoms with Crippen molar-refractivity contribution in [1.29, 1.82) is 0 Å². The maximum atomic E-state index is 11.6. The highest BCUT2D eigenvalue weighted by Gasteiger charge is 2.09. The van der Waals surface area contributed by atoms with Gasteiger partial charge in [0.2, 0.25) is 0 Å². The molecular weight excluding hydrogens is 254 g/mol. The van der Waals surface area contributed by atoms with Gasteiger partial charge in [0.1, 0.15) is 0 Å². The third-order valence-corrected chi connectivity index (χ3v) is 3.11. The number of fused-ring (bicyclic) bond motifs is 3. The van der Waals surface area contributed by atoms with Gasteiger partial charge in [-0.15, -0.1) is 0 Å². The van der Waals surface area contributed by atoms with E-state index in [1.807, 2.05) is 38.1 Å². The third-order valence-electron chi connectivity index (χ3n) is 3.11. The zero-order valence-corrected chi connectivity index (χ0v) is 11.8. The van der Waals surface area contributed by atoms with Gasteiger partial charge in [-0.3, -0.25) is 0 Å². The number of nitrogens with zero attached hydrogens (tertiary/aromatic N) is 2. The van der Waals surface area contributed by atoms with Crippen LogP contribution in [0.4, 0.5) is 0 Å². The molecule has 3 aromatic rings. The topological polar surface area (TPSA) is 70.4 Å². The number of nitrogens with one attached hydrogen (secondary N) is 1. The Balaban J connectivity index is 0.000000704. The van der Waals surface area contributed by atoms with Crippen molar-refractivity contribution < 1.29 is 5.11 Å². The maximum absolute atomic E-state index is 11.6. The van der Waals surface area contributed by atoms with Crippen LogP contribution in [0.5, 0.6) is 0 Å². The molecule has 0 aliphatic heterocycles. The number of aromatic amines is 1. The SMILES string of the molecule is CC.O=c1[nH]nc2c3ccccc3c(CCCO)cn12. The predicted octanol–water partition coefficient (Wildman–Crippen LogP) is 2.13. The van der Waals surface area contributed by atoms with Crippen molar-refractivity contribution in [3.8, 4) is 0 Å². The summed E-state index contributed by atoms with van der Waals surface area (Å²) < 4.78 is 1.52. The fourth-order valence-corrected chi connectivity index (χ4v) is 2.27. The summed E-state index contributed by atoms with van der Waals surface area (Å²) in [6, 6.07) is 7.86. The van der Waals surface area contributed by atoms with E-state index in [0.29, 0.717) is 12.1 Å². The summed E-state index contributed by atoms with van der Waals surface area (Å²) in [4.78, 5) is 11.6. The zero-order valence-electron chi connectivity index (χ0n) is 11.8. The minimum Gasteiger partial charge on any atom is -0.396 e. The van der Waals surface area contributed by atoms with E-state index in [-0.39, 0.29) is 12.3 Å². The van der Waals surface area contributed by atoms with E-state index in [1.54, 1.807) is 6.20 Å². The normalized spacial score (nSPS) is 10.6. The first-order valence-corrected chi connectivity index (χ1v) is 6.89. The second-order valence-corrected chi connectivity index (χ2v) is 4.25. The third kappa shape index (κ3) is 2.44. The molecule has 5 nitrogen and oxygen atoms in total. The number of aliphatic hydroxyl groups is 1.